The number of rotatable bonds is 8. The molecular weight excluding hydrogens is 528 g/mol. The Bertz CT molecular complexity index is 1460. The Morgan fingerprint density at radius 1 is 0.850 bits per heavy atom. The van der Waals surface area contributed by atoms with Gasteiger partial charge in [-0.25, -0.2) is 0 Å². The molecule has 2 aliphatic rings. The van der Waals surface area contributed by atoms with E-state index in [0.717, 1.165) is 89.9 Å². The maximum absolute atomic E-state index is 5.60. The molecule has 0 aliphatic carbocycles. The van der Waals surface area contributed by atoms with Crippen molar-refractivity contribution in [1.82, 2.24) is 15.1 Å². The number of piperidine rings is 1. The lowest BCUT2D eigenvalue weighted by atomic mass is 10.00. The molecule has 1 aromatic heterocycles. The second-order valence-electron chi connectivity index (χ2n) is 9.99. The highest BCUT2D eigenvalue weighted by Gasteiger charge is 2.27. The molecule has 1 fully saturated rings. The number of benzene rings is 3. The summed E-state index contributed by atoms with van der Waals surface area (Å²) < 4.78 is 22.0. The molecule has 3 heterocycles. The smallest absolute Gasteiger partial charge is 0.231 e. The monoisotopic (exact) mass is 562 g/mol. The fourth-order valence-corrected chi connectivity index (χ4v) is 5.69. The van der Waals surface area contributed by atoms with Crippen LogP contribution < -0.4 is 23.8 Å². The minimum atomic E-state index is 0. The van der Waals surface area contributed by atoms with Gasteiger partial charge < -0.3 is 23.8 Å². The van der Waals surface area contributed by atoms with Crippen molar-refractivity contribution >= 4 is 29.0 Å². The SMILES string of the molecule is CCN(c1nnc(-c2ccc(OC)cc2)c2ccc(OC)cc12)C1CCN(Cc2ccc3c(c2)OCO3)CC1.Cl. The van der Waals surface area contributed by atoms with Crippen molar-refractivity contribution < 1.29 is 18.9 Å². The van der Waals surface area contributed by atoms with E-state index in [0.29, 0.717) is 12.8 Å². The molecule has 0 spiro atoms. The van der Waals surface area contributed by atoms with Crippen molar-refractivity contribution in [1.29, 1.82) is 0 Å². The van der Waals surface area contributed by atoms with Crippen LogP contribution in [-0.2, 0) is 6.54 Å². The Kier molecular flexibility index (Phi) is 8.47. The summed E-state index contributed by atoms with van der Waals surface area (Å²) in [5.74, 6) is 4.22. The molecule has 0 atom stereocenters. The Morgan fingerprint density at radius 3 is 2.30 bits per heavy atom. The summed E-state index contributed by atoms with van der Waals surface area (Å²) in [4.78, 5) is 4.94. The third-order valence-corrected chi connectivity index (χ3v) is 7.78. The molecule has 0 N–H and O–H groups in total. The molecule has 0 amide bonds. The number of anilines is 1. The van der Waals surface area contributed by atoms with Crippen molar-refractivity contribution in [3.05, 3.63) is 66.2 Å². The second-order valence-corrected chi connectivity index (χ2v) is 9.99. The first-order chi connectivity index (χ1) is 19.2. The van der Waals surface area contributed by atoms with Gasteiger partial charge in [0.2, 0.25) is 6.79 Å². The third-order valence-electron chi connectivity index (χ3n) is 7.78. The first-order valence-electron chi connectivity index (χ1n) is 13.5. The number of methoxy groups -OCH3 is 2. The summed E-state index contributed by atoms with van der Waals surface area (Å²) in [6.07, 6.45) is 2.12. The predicted molar refractivity (Wildman–Crippen MR) is 159 cm³/mol. The van der Waals surface area contributed by atoms with Crippen LogP contribution in [0.5, 0.6) is 23.0 Å². The standard InChI is InChI=1S/C31H34N4O4.ClH/c1-4-35(23-13-15-34(16-14-23)19-21-5-12-28-29(17-21)39-20-38-28)31-27-18-25(37-3)10-11-26(27)30(32-33-31)22-6-8-24(36-2)9-7-22;/h5-12,17-18,23H,4,13-16,19-20H2,1-3H3;1H. The molecule has 0 bridgehead atoms. The third kappa shape index (κ3) is 5.46. The van der Waals surface area contributed by atoms with Crippen LogP contribution in [-0.4, -0.2) is 61.8 Å². The van der Waals surface area contributed by atoms with Gasteiger partial charge in [-0.15, -0.1) is 22.6 Å². The number of nitrogens with zero attached hydrogens (tertiary/aromatic N) is 4. The molecule has 0 unspecified atom stereocenters. The van der Waals surface area contributed by atoms with Gasteiger partial charge in [0.15, 0.2) is 17.3 Å². The van der Waals surface area contributed by atoms with Crippen LogP contribution in [0.4, 0.5) is 5.82 Å². The van der Waals surface area contributed by atoms with Gasteiger partial charge in [0.05, 0.1) is 14.2 Å². The van der Waals surface area contributed by atoms with E-state index in [-0.39, 0.29) is 12.4 Å². The van der Waals surface area contributed by atoms with Crippen LogP contribution in [0.15, 0.2) is 60.7 Å². The number of hydrogen-bond donors (Lipinski definition) is 0. The van der Waals surface area contributed by atoms with Crippen LogP contribution in [0, 0.1) is 0 Å². The van der Waals surface area contributed by atoms with Crippen LogP contribution in [0.1, 0.15) is 25.3 Å². The van der Waals surface area contributed by atoms with Gasteiger partial charge in [0, 0.05) is 48.6 Å². The number of likely N-dealkylation sites (tertiary alicyclic amines) is 1. The highest BCUT2D eigenvalue weighted by Crippen LogP contribution is 2.37. The summed E-state index contributed by atoms with van der Waals surface area (Å²) in [5, 5.41) is 11.7. The fourth-order valence-electron chi connectivity index (χ4n) is 5.69. The van der Waals surface area contributed by atoms with Gasteiger partial charge in [-0.2, -0.15) is 0 Å². The van der Waals surface area contributed by atoms with E-state index in [4.69, 9.17) is 29.1 Å². The molecule has 40 heavy (non-hydrogen) atoms. The number of ether oxygens (including phenoxy) is 4. The summed E-state index contributed by atoms with van der Waals surface area (Å²) in [7, 11) is 3.37. The van der Waals surface area contributed by atoms with Crippen LogP contribution in [0.25, 0.3) is 22.0 Å². The largest absolute Gasteiger partial charge is 0.497 e. The van der Waals surface area contributed by atoms with E-state index in [1.807, 2.05) is 36.4 Å². The maximum Gasteiger partial charge on any atom is 0.231 e. The molecule has 8 nitrogen and oxygen atoms in total. The van der Waals surface area contributed by atoms with Crippen molar-refractivity contribution in [3.63, 3.8) is 0 Å². The number of fused-ring (bicyclic) bond motifs is 2. The summed E-state index contributed by atoms with van der Waals surface area (Å²) >= 11 is 0. The van der Waals surface area contributed by atoms with Crippen molar-refractivity contribution in [2.24, 2.45) is 0 Å². The van der Waals surface area contributed by atoms with Gasteiger partial charge in [-0.3, -0.25) is 4.90 Å². The van der Waals surface area contributed by atoms with E-state index < -0.39 is 0 Å². The molecule has 210 valence electrons. The van der Waals surface area contributed by atoms with Gasteiger partial charge in [0.25, 0.3) is 0 Å². The number of hydrogen-bond acceptors (Lipinski definition) is 8. The van der Waals surface area contributed by atoms with E-state index in [2.05, 4.69) is 41.0 Å². The second kappa shape index (κ2) is 12.2. The van der Waals surface area contributed by atoms with Gasteiger partial charge in [0.1, 0.15) is 17.2 Å². The van der Waals surface area contributed by atoms with Crippen LogP contribution in [0.3, 0.4) is 0 Å². The Labute approximate surface area is 241 Å². The van der Waals surface area contributed by atoms with Crippen molar-refractivity contribution in [2.45, 2.75) is 32.4 Å². The first kappa shape index (κ1) is 27.8. The zero-order valence-corrected chi connectivity index (χ0v) is 23.9. The molecule has 0 radical (unpaired) electrons. The lowest BCUT2D eigenvalue weighted by molar-refractivity contribution is 0.173. The number of aromatic nitrogens is 2. The first-order valence-corrected chi connectivity index (χ1v) is 13.5. The van der Waals surface area contributed by atoms with E-state index in [1.165, 1.54) is 5.56 Å². The van der Waals surface area contributed by atoms with Gasteiger partial charge in [-0.05, 0) is 79.9 Å². The Morgan fingerprint density at radius 2 is 1.57 bits per heavy atom. The molecule has 0 saturated carbocycles. The summed E-state index contributed by atoms with van der Waals surface area (Å²) in [6, 6.07) is 20.8. The average Bonchev–Trinajstić information content (AvgIpc) is 3.46. The highest BCUT2D eigenvalue weighted by atomic mass is 35.5. The highest BCUT2D eigenvalue weighted by molar-refractivity contribution is 6.01. The fraction of sp³-hybridized carbons (Fsp3) is 0.355. The molecule has 6 rings (SSSR count). The average molecular weight is 563 g/mol. The van der Waals surface area contributed by atoms with Gasteiger partial charge >= 0.3 is 0 Å². The molecule has 9 heteroatoms. The topological polar surface area (TPSA) is 69.2 Å². The van der Waals surface area contributed by atoms with E-state index in [9.17, 15) is 0 Å². The minimum Gasteiger partial charge on any atom is -0.497 e. The Balaban J connectivity index is 0.00000323. The quantitative estimate of drug-likeness (QED) is 0.261. The zero-order valence-electron chi connectivity index (χ0n) is 23.1. The lowest BCUT2D eigenvalue weighted by Crippen LogP contribution is -2.45. The van der Waals surface area contributed by atoms with Crippen molar-refractivity contribution in [2.75, 3.05) is 45.5 Å². The summed E-state index contributed by atoms with van der Waals surface area (Å²) in [6.45, 7) is 6.32. The van der Waals surface area contributed by atoms with Crippen LogP contribution >= 0.6 is 12.4 Å². The summed E-state index contributed by atoms with van der Waals surface area (Å²) in [5.41, 5.74) is 3.11. The number of halogens is 1. The molecular formula is C31H35ClN4O4. The van der Waals surface area contributed by atoms with Crippen molar-refractivity contribution in [3.8, 4) is 34.3 Å². The maximum atomic E-state index is 5.60. The molecule has 2 aliphatic heterocycles. The van der Waals surface area contributed by atoms with Crippen LogP contribution in [0.2, 0.25) is 0 Å². The minimum absolute atomic E-state index is 0. The molecule has 3 aromatic carbocycles. The van der Waals surface area contributed by atoms with E-state index in [1.54, 1.807) is 14.2 Å². The molecule has 4 aromatic rings. The predicted octanol–water partition coefficient (Wildman–Crippen LogP) is 5.96. The molecule has 1 saturated heterocycles. The van der Waals surface area contributed by atoms with E-state index >= 15 is 0 Å². The zero-order chi connectivity index (χ0) is 26.8. The lowest BCUT2D eigenvalue weighted by Gasteiger charge is -2.39. The normalized spacial score (nSPS) is 15.1. The Hall–Kier alpha value is -3.75. The van der Waals surface area contributed by atoms with Gasteiger partial charge in [-0.1, -0.05) is 6.07 Å².